The van der Waals surface area contributed by atoms with Crippen molar-refractivity contribution in [1.29, 1.82) is 0 Å². The number of amides is 1. The SMILES string of the molecule is CC(CCC(=O)O)NC(=O)CCc1c(-c2ccc(F)cc2)[nH]c2ccccc12. The van der Waals surface area contributed by atoms with Gasteiger partial charge in [0, 0.05) is 35.5 Å². The number of nitrogens with one attached hydrogen (secondary N) is 2. The molecule has 3 aromatic rings. The summed E-state index contributed by atoms with van der Waals surface area (Å²) in [6.45, 7) is 1.80. The molecule has 1 amide bonds. The van der Waals surface area contributed by atoms with Gasteiger partial charge in [0.2, 0.25) is 5.91 Å². The minimum Gasteiger partial charge on any atom is -0.481 e. The fraction of sp³-hybridized carbons (Fsp3) is 0.273. The van der Waals surface area contributed by atoms with Crippen molar-refractivity contribution in [3.63, 3.8) is 0 Å². The minimum atomic E-state index is -0.871. The lowest BCUT2D eigenvalue weighted by Crippen LogP contribution is -2.33. The van der Waals surface area contributed by atoms with Crippen LogP contribution in [0.25, 0.3) is 22.2 Å². The molecule has 0 bridgehead atoms. The Morgan fingerprint density at radius 2 is 1.82 bits per heavy atom. The van der Waals surface area contributed by atoms with Gasteiger partial charge in [-0.05, 0) is 61.2 Å². The maximum atomic E-state index is 13.3. The molecule has 2 aromatic carbocycles. The molecule has 0 saturated carbocycles. The Balaban J connectivity index is 1.76. The van der Waals surface area contributed by atoms with Gasteiger partial charge in [0.1, 0.15) is 5.82 Å². The largest absolute Gasteiger partial charge is 0.481 e. The maximum Gasteiger partial charge on any atom is 0.303 e. The summed E-state index contributed by atoms with van der Waals surface area (Å²) < 4.78 is 13.3. The van der Waals surface area contributed by atoms with Crippen molar-refractivity contribution in [3.05, 3.63) is 59.9 Å². The number of rotatable bonds is 8. The molecule has 0 spiro atoms. The second-order valence-electron chi connectivity index (χ2n) is 6.93. The molecule has 1 unspecified atom stereocenters. The molecule has 0 fully saturated rings. The van der Waals surface area contributed by atoms with Crippen LogP contribution in [0, 0.1) is 5.82 Å². The van der Waals surface area contributed by atoms with Crippen LogP contribution in [0.15, 0.2) is 48.5 Å². The summed E-state index contributed by atoms with van der Waals surface area (Å²) in [4.78, 5) is 26.3. The molecule has 1 heterocycles. The highest BCUT2D eigenvalue weighted by Crippen LogP contribution is 2.31. The predicted octanol–water partition coefficient (Wildman–Crippen LogP) is 4.28. The number of fused-ring (bicyclic) bond motifs is 1. The summed E-state index contributed by atoms with van der Waals surface area (Å²) in [5.74, 6) is -1.28. The predicted molar refractivity (Wildman–Crippen MR) is 106 cm³/mol. The minimum absolute atomic E-state index is 0.0264. The number of aromatic amines is 1. The zero-order valence-electron chi connectivity index (χ0n) is 15.7. The molecular formula is C22H23FN2O3. The third-order valence-electron chi connectivity index (χ3n) is 4.75. The van der Waals surface area contributed by atoms with Crippen molar-refractivity contribution in [2.45, 2.75) is 38.6 Å². The van der Waals surface area contributed by atoms with Gasteiger partial charge in [-0.1, -0.05) is 18.2 Å². The fourth-order valence-corrected chi connectivity index (χ4v) is 3.32. The molecule has 0 aliphatic heterocycles. The van der Waals surface area contributed by atoms with E-state index < -0.39 is 5.97 Å². The Bertz CT molecular complexity index is 979. The standard InChI is InChI=1S/C22H23FN2O3/c1-14(6-13-21(27)28)24-20(26)12-11-18-17-4-2-3-5-19(17)25-22(18)15-7-9-16(23)10-8-15/h2-5,7-10,14,25H,6,11-13H2,1H3,(H,24,26)(H,27,28). The lowest BCUT2D eigenvalue weighted by Gasteiger charge is -2.13. The maximum absolute atomic E-state index is 13.3. The summed E-state index contributed by atoms with van der Waals surface area (Å²) in [6, 6.07) is 13.9. The fourth-order valence-electron chi connectivity index (χ4n) is 3.32. The van der Waals surface area contributed by atoms with Gasteiger partial charge < -0.3 is 15.4 Å². The van der Waals surface area contributed by atoms with Crippen LogP contribution in [-0.4, -0.2) is 28.0 Å². The molecular weight excluding hydrogens is 359 g/mol. The number of hydrogen-bond acceptors (Lipinski definition) is 2. The molecule has 0 radical (unpaired) electrons. The lowest BCUT2D eigenvalue weighted by atomic mass is 10.0. The zero-order valence-corrected chi connectivity index (χ0v) is 15.7. The molecule has 5 nitrogen and oxygen atoms in total. The third-order valence-corrected chi connectivity index (χ3v) is 4.75. The molecule has 0 aliphatic rings. The number of carbonyl (C=O) groups is 2. The summed E-state index contributed by atoms with van der Waals surface area (Å²) in [7, 11) is 0. The van der Waals surface area contributed by atoms with Crippen molar-refractivity contribution in [3.8, 4) is 11.3 Å². The van der Waals surface area contributed by atoms with E-state index in [1.54, 1.807) is 19.1 Å². The quantitative estimate of drug-likeness (QED) is 0.544. The lowest BCUT2D eigenvalue weighted by molar-refractivity contribution is -0.137. The van der Waals surface area contributed by atoms with Gasteiger partial charge in [-0.3, -0.25) is 9.59 Å². The molecule has 1 aromatic heterocycles. The van der Waals surface area contributed by atoms with Crippen LogP contribution in [0.3, 0.4) is 0 Å². The van der Waals surface area contributed by atoms with Gasteiger partial charge >= 0.3 is 5.97 Å². The summed E-state index contributed by atoms with van der Waals surface area (Å²) >= 11 is 0. The molecule has 146 valence electrons. The number of hydrogen-bond donors (Lipinski definition) is 3. The van der Waals surface area contributed by atoms with Crippen molar-refractivity contribution in [2.75, 3.05) is 0 Å². The molecule has 0 saturated heterocycles. The van der Waals surface area contributed by atoms with E-state index in [2.05, 4.69) is 10.3 Å². The summed E-state index contributed by atoms with van der Waals surface area (Å²) in [5.41, 5.74) is 3.72. The first-order valence-electron chi connectivity index (χ1n) is 9.30. The second-order valence-corrected chi connectivity index (χ2v) is 6.93. The number of benzene rings is 2. The van der Waals surface area contributed by atoms with Crippen LogP contribution < -0.4 is 5.32 Å². The average molecular weight is 382 g/mol. The Labute approximate surface area is 162 Å². The van der Waals surface area contributed by atoms with E-state index >= 15 is 0 Å². The van der Waals surface area contributed by atoms with Crippen molar-refractivity contribution >= 4 is 22.8 Å². The first kappa shape index (κ1) is 19.6. The summed E-state index contributed by atoms with van der Waals surface area (Å²) in [5, 5.41) is 12.6. The number of carbonyl (C=O) groups excluding carboxylic acids is 1. The van der Waals surface area contributed by atoms with E-state index in [0.29, 0.717) is 12.8 Å². The number of carboxylic acids is 1. The van der Waals surface area contributed by atoms with Gasteiger partial charge in [0.05, 0.1) is 0 Å². The molecule has 3 rings (SSSR count). The number of para-hydroxylation sites is 1. The topological polar surface area (TPSA) is 82.2 Å². The summed E-state index contributed by atoms with van der Waals surface area (Å²) in [6.07, 6.45) is 1.23. The van der Waals surface area contributed by atoms with Crippen molar-refractivity contribution < 1.29 is 19.1 Å². The van der Waals surface area contributed by atoms with Crippen molar-refractivity contribution in [1.82, 2.24) is 10.3 Å². The molecule has 28 heavy (non-hydrogen) atoms. The zero-order chi connectivity index (χ0) is 20.1. The highest BCUT2D eigenvalue weighted by Gasteiger charge is 2.15. The number of halogens is 1. The van der Waals surface area contributed by atoms with Crippen molar-refractivity contribution in [2.24, 2.45) is 0 Å². The van der Waals surface area contributed by atoms with Crippen LogP contribution >= 0.6 is 0 Å². The number of aromatic nitrogens is 1. The second kappa shape index (κ2) is 8.69. The van der Waals surface area contributed by atoms with E-state index in [1.165, 1.54) is 12.1 Å². The number of aliphatic carboxylic acids is 1. The van der Waals surface area contributed by atoms with E-state index in [1.807, 2.05) is 24.3 Å². The van der Waals surface area contributed by atoms with E-state index in [-0.39, 0.29) is 30.6 Å². The Morgan fingerprint density at radius 1 is 1.11 bits per heavy atom. The van der Waals surface area contributed by atoms with Crippen LogP contribution in [0.4, 0.5) is 4.39 Å². The van der Waals surface area contributed by atoms with E-state index in [0.717, 1.165) is 27.7 Å². The van der Waals surface area contributed by atoms with Gasteiger partial charge in [-0.25, -0.2) is 4.39 Å². The molecule has 0 aliphatic carbocycles. The first-order valence-corrected chi connectivity index (χ1v) is 9.30. The molecule has 3 N–H and O–H groups in total. The smallest absolute Gasteiger partial charge is 0.303 e. The number of aryl methyl sites for hydroxylation is 1. The normalized spacial score (nSPS) is 12.1. The average Bonchev–Trinajstić information content (AvgIpc) is 3.04. The van der Waals surface area contributed by atoms with Gasteiger partial charge in [0.25, 0.3) is 0 Å². The highest BCUT2D eigenvalue weighted by atomic mass is 19.1. The van der Waals surface area contributed by atoms with Crippen LogP contribution in [0.5, 0.6) is 0 Å². The molecule has 6 heteroatoms. The molecule has 1 atom stereocenters. The third kappa shape index (κ3) is 4.76. The van der Waals surface area contributed by atoms with Crippen LogP contribution in [0.2, 0.25) is 0 Å². The Hall–Kier alpha value is -3.15. The van der Waals surface area contributed by atoms with Gasteiger partial charge in [-0.15, -0.1) is 0 Å². The Morgan fingerprint density at radius 3 is 2.54 bits per heavy atom. The van der Waals surface area contributed by atoms with Crippen LogP contribution in [0.1, 0.15) is 31.7 Å². The van der Waals surface area contributed by atoms with Gasteiger partial charge in [-0.2, -0.15) is 0 Å². The highest BCUT2D eigenvalue weighted by molar-refractivity contribution is 5.91. The van der Waals surface area contributed by atoms with E-state index in [4.69, 9.17) is 5.11 Å². The Kier molecular flexibility index (Phi) is 6.09. The first-order chi connectivity index (χ1) is 13.4. The van der Waals surface area contributed by atoms with Gasteiger partial charge in [0.15, 0.2) is 0 Å². The van der Waals surface area contributed by atoms with Crippen LogP contribution in [-0.2, 0) is 16.0 Å². The monoisotopic (exact) mass is 382 g/mol. The number of carboxylic acid groups (broad SMARTS) is 1. The number of H-pyrrole nitrogens is 1. The van der Waals surface area contributed by atoms with E-state index in [9.17, 15) is 14.0 Å².